The summed E-state index contributed by atoms with van der Waals surface area (Å²) in [6.07, 6.45) is 6.52. The molecule has 0 aliphatic heterocycles. The van der Waals surface area contributed by atoms with E-state index in [1.54, 1.807) is 24.8 Å². The van der Waals surface area contributed by atoms with Crippen LogP contribution in [0.2, 0.25) is 0 Å². The highest BCUT2D eigenvalue weighted by Crippen LogP contribution is 2.32. The van der Waals surface area contributed by atoms with E-state index in [4.69, 9.17) is 24.6 Å². The molecule has 0 saturated heterocycles. The molecule has 4 aromatic rings. The minimum absolute atomic E-state index is 0.0567. The fourth-order valence-electron chi connectivity index (χ4n) is 4.45. The van der Waals surface area contributed by atoms with E-state index in [-0.39, 0.29) is 17.5 Å². The number of hydrogen-bond donors (Lipinski definition) is 2. The van der Waals surface area contributed by atoms with Crippen LogP contribution < -0.4 is 15.0 Å². The van der Waals surface area contributed by atoms with Crippen molar-refractivity contribution in [2.24, 2.45) is 0 Å². The van der Waals surface area contributed by atoms with Gasteiger partial charge < -0.3 is 23.8 Å². The summed E-state index contributed by atoms with van der Waals surface area (Å²) in [6.45, 7) is 3.75. The molecule has 1 saturated carbocycles. The van der Waals surface area contributed by atoms with E-state index >= 15 is 0 Å². The minimum atomic E-state index is 0.0567. The minimum Gasteiger partial charge on any atom is -0.493 e. The number of H-pyrrole nitrogens is 1. The number of aromatic nitrogens is 4. The normalized spacial score (nSPS) is 15.0. The maximum Gasteiger partial charge on any atom is 0.173 e. The standard InChI is InChI=1S/C26H31N5O3S/c1-17(13-33-14-19-9-10-35-15-19)25-29-23-24(27)28-16-31(26(23)30-25)12-18-7-8-21(32-2)22(11-18)34-20-5-3-4-6-20/h7-11,15-17,20,27H,3-6,12-14H2,1-2H3,(H,29,30). The zero-order valence-corrected chi connectivity index (χ0v) is 20.9. The van der Waals surface area contributed by atoms with Gasteiger partial charge in [-0.1, -0.05) is 13.0 Å². The molecular formula is C26H31N5O3S. The molecule has 184 valence electrons. The molecule has 1 unspecified atom stereocenters. The van der Waals surface area contributed by atoms with Crippen molar-refractivity contribution < 1.29 is 14.2 Å². The highest BCUT2D eigenvalue weighted by molar-refractivity contribution is 7.07. The summed E-state index contributed by atoms with van der Waals surface area (Å²) in [6, 6.07) is 8.09. The molecule has 0 radical (unpaired) electrons. The van der Waals surface area contributed by atoms with Gasteiger partial charge in [0.15, 0.2) is 22.6 Å². The van der Waals surface area contributed by atoms with Gasteiger partial charge in [-0.15, -0.1) is 0 Å². The molecule has 1 aliphatic carbocycles. The van der Waals surface area contributed by atoms with Crippen molar-refractivity contribution in [1.29, 1.82) is 5.41 Å². The second kappa shape index (κ2) is 10.6. The molecule has 1 fully saturated rings. The highest BCUT2D eigenvalue weighted by atomic mass is 32.1. The molecule has 0 amide bonds. The van der Waals surface area contributed by atoms with Crippen LogP contribution in [0.15, 0.2) is 41.4 Å². The summed E-state index contributed by atoms with van der Waals surface area (Å²) in [7, 11) is 1.67. The summed E-state index contributed by atoms with van der Waals surface area (Å²) in [5.41, 5.74) is 3.75. The number of fused-ring (bicyclic) bond motifs is 1. The van der Waals surface area contributed by atoms with Gasteiger partial charge in [0, 0.05) is 5.92 Å². The molecule has 3 heterocycles. The van der Waals surface area contributed by atoms with Crippen molar-refractivity contribution in [3.8, 4) is 11.5 Å². The average molecular weight is 494 g/mol. The molecule has 3 aromatic heterocycles. The maximum atomic E-state index is 8.28. The smallest absolute Gasteiger partial charge is 0.173 e. The van der Waals surface area contributed by atoms with E-state index in [1.807, 2.05) is 22.8 Å². The molecule has 9 heteroatoms. The van der Waals surface area contributed by atoms with Gasteiger partial charge in [0.2, 0.25) is 0 Å². The van der Waals surface area contributed by atoms with Gasteiger partial charge in [-0.3, -0.25) is 5.41 Å². The van der Waals surface area contributed by atoms with Crippen LogP contribution in [0.5, 0.6) is 11.5 Å². The Morgan fingerprint density at radius 3 is 2.83 bits per heavy atom. The molecule has 0 spiro atoms. The number of imidazole rings is 1. The van der Waals surface area contributed by atoms with Crippen LogP contribution in [0.25, 0.3) is 11.2 Å². The van der Waals surface area contributed by atoms with Gasteiger partial charge >= 0.3 is 0 Å². The lowest BCUT2D eigenvalue weighted by atomic mass is 10.2. The number of nitrogens with one attached hydrogen (secondary N) is 2. The zero-order chi connectivity index (χ0) is 24.2. The van der Waals surface area contributed by atoms with Crippen molar-refractivity contribution in [3.05, 3.63) is 63.8 Å². The van der Waals surface area contributed by atoms with E-state index in [0.29, 0.717) is 30.9 Å². The number of thiophene rings is 1. The fraction of sp³-hybridized carbons (Fsp3) is 0.423. The van der Waals surface area contributed by atoms with E-state index in [2.05, 4.69) is 33.7 Å². The molecule has 2 N–H and O–H groups in total. The van der Waals surface area contributed by atoms with Crippen molar-refractivity contribution in [3.63, 3.8) is 0 Å². The Hall–Kier alpha value is -3.17. The Balaban J connectivity index is 1.35. The SMILES string of the molecule is COc1ccc(Cn2cnc(=N)c3[nH]c(C(C)COCc4ccsc4)nc32)cc1OC1CCCC1. The topological polar surface area (TPSA) is 98.0 Å². The average Bonchev–Trinajstić information content (AvgIpc) is 3.63. The largest absolute Gasteiger partial charge is 0.493 e. The predicted molar refractivity (Wildman–Crippen MR) is 135 cm³/mol. The Labute approximate surface area is 208 Å². The van der Waals surface area contributed by atoms with Gasteiger partial charge in [-0.2, -0.15) is 11.3 Å². The summed E-state index contributed by atoms with van der Waals surface area (Å²) < 4.78 is 19.7. The third-order valence-electron chi connectivity index (χ3n) is 6.40. The van der Waals surface area contributed by atoms with Crippen LogP contribution in [0.3, 0.4) is 0 Å². The first kappa shape index (κ1) is 23.6. The van der Waals surface area contributed by atoms with Crippen molar-refractivity contribution in [1.82, 2.24) is 19.5 Å². The number of ether oxygens (including phenoxy) is 3. The number of rotatable bonds is 10. The van der Waals surface area contributed by atoms with Crippen LogP contribution in [0.4, 0.5) is 0 Å². The first-order valence-electron chi connectivity index (χ1n) is 12.0. The number of benzene rings is 1. The Bertz CT molecular complexity index is 1320. The predicted octanol–water partition coefficient (Wildman–Crippen LogP) is 5.00. The Kier molecular flexibility index (Phi) is 7.15. The van der Waals surface area contributed by atoms with E-state index in [0.717, 1.165) is 35.7 Å². The Morgan fingerprint density at radius 1 is 1.20 bits per heavy atom. The number of hydrogen-bond acceptors (Lipinski definition) is 7. The molecular weight excluding hydrogens is 462 g/mol. The van der Waals surface area contributed by atoms with Crippen molar-refractivity contribution in [2.75, 3.05) is 13.7 Å². The molecule has 1 aliphatic rings. The molecule has 8 nitrogen and oxygen atoms in total. The van der Waals surface area contributed by atoms with Gasteiger partial charge in [-0.05, 0) is 65.8 Å². The lowest BCUT2D eigenvalue weighted by Gasteiger charge is -2.17. The zero-order valence-electron chi connectivity index (χ0n) is 20.1. The van der Waals surface area contributed by atoms with E-state index < -0.39 is 0 Å². The van der Waals surface area contributed by atoms with Gasteiger partial charge in [0.1, 0.15) is 11.3 Å². The van der Waals surface area contributed by atoms with Gasteiger partial charge in [0.05, 0.1) is 39.3 Å². The second-order valence-corrected chi connectivity index (χ2v) is 9.88. The molecule has 1 aromatic carbocycles. The quantitative estimate of drug-likeness (QED) is 0.324. The third kappa shape index (κ3) is 5.41. The third-order valence-corrected chi connectivity index (χ3v) is 7.13. The lowest BCUT2D eigenvalue weighted by Crippen LogP contribution is -2.14. The summed E-state index contributed by atoms with van der Waals surface area (Å²) in [4.78, 5) is 12.4. The number of nitrogens with zero attached hydrogens (tertiary/aromatic N) is 3. The maximum absolute atomic E-state index is 8.28. The number of methoxy groups -OCH3 is 1. The first-order chi connectivity index (χ1) is 17.1. The fourth-order valence-corrected chi connectivity index (χ4v) is 5.11. The Morgan fingerprint density at radius 2 is 2.06 bits per heavy atom. The monoisotopic (exact) mass is 493 g/mol. The summed E-state index contributed by atoms with van der Waals surface area (Å²) >= 11 is 1.67. The van der Waals surface area contributed by atoms with Crippen LogP contribution >= 0.6 is 11.3 Å². The first-order valence-corrected chi connectivity index (χ1v) is 13.0. The second-order valence-electron chi connectivity index (χ2n) is 9.10. The van der Waals surface area contributed by atoms with E-state index in [1.165, 1.54) is 18.4 Å². The summed E-state index contributed by atoms with van der Waals surface area (Å²) in [5.74, 6) is 2.37. The van der Waals surface area contributed by atoms with E-state index in [9.17, 15) is 0 Å². The molecule has 35 heavy (non-hydrogen) atoms. The highest BCUT2D eigenvalue weighted by Gasteiger charge is 2.19. The van der Waals surface area contributed by atoms with Crippen LogP contribution in [0, 0.1) is 5.41 Å². The summed E-state index contributed by atoms with van der Waals surface area (Å²) in [5, 5.41) is 12.4. The molecule has 0 bridgehead atoms. The molecule has 5 rings (SSSR count). The van der Waals surface area contributed by atoms with Gasteiger partial charge in [-0.25, -0.2) is 9.97 Å². The lowest BCUT2D eigenvalue weighted by molar-refractivity contribution is 0.109. The van der Waals surface area contributed by atoms with Crippen LogP contribution in [-0.2, 0) is 17.9 Å². The van der Waals surface area contributed by atoms with Crippen LogP contribution in [0.1, 0.15) is 55.5 Å². The number of aromatic amines is 1. The van der Waals surface area contributed by atoms with Gasteiger partial charge in [0.25, 0.3) is 0 Å². The van der Waals surface area contributed by atoms with Crippen molar-refractivity contribution >= 4 is 22.5 Å². The molecule has 1 atom stereocenters. The van der Waals surface area contributed by atoms with Crippen LogP contribution in [-0.4, -0.2) is 39.3 Å². The van der Waals surface area contributed by atoms with Crippen molar-refractivity contribution in [2.45, 2.75) is 57.8 Å².